The Bertz CT molecular complexity index is 810. The van der Waals surface area contributed by atoms with E-state index in [0.717, 1.165) is 0 Å². The van der Waals surface area contributed by atoms with E-state index in [2.05, 4.69) is 16.0 Å². The van der Waals surface area contributed by atoms with Crippen LogP contribution in [0.15, 0.2) is 54.6 Å². The second-order valence-electron chi connectivity index (χ2n) is 5.74. The first kappa shape index (κ1) is 20.9. The molecule has 2 aromatic carbocycles. The first-order valence-electron chi connectivity index (χ1n) is 8.85. The fourth-order valence-corrected chi connectivity index (χ4v) is 2.46. The fraction of sp³-hybridized carbons (Fsp3) is 0.250. The largest absolute Gasteiger partial charge is 0.444 e. The highest BCUT2D eigenvalue weighted by molar-refractivity contribution is 6.00. The molecule has 0 aliphatic rings. The Labute approximate surface area is 162 Å². The summed E-state index contributed by atoms with van der Waals surface area (Å²) in [6, 6.07) is 14.4. The van der Waals surface area contributed by atoms with Crippen molar-refractivity contribution in [2.24, 2.45) is 0 Å². The lowest BCUT2D eigenvalue weighted by molar-refractivity contribution is -0.129. The number of benzene rings is 2. The number of amides is 3. The standard InChI is InChI=1S/C20H23N3O5/c1-2-21-20(27)23-18(25)17(14-8-4-3-5-9-14)28-19(26)15-10-6-7-11-16(15)22-12-13-24/h3-11,17,22,24H,2,12-13H2,1H3,(H2,21,23,25,27). The monoisotopic (exact) mass is 385 g/mol. The minimum atomic E-state index is -1.30. The van der Waals surface area contributed by atoms with Crippen molar-refractivity contribution in [2.45, 2.75) is 13.0 Å². The molecule has 0 bridgehead atoms. The smallest absolute Gasteiger partial charge is 0.341 e. The molecular formula is C20H23N3O5. The van der Waals surface area contributed by atoms with Gasteiger partial charge in [0.2, 0.25) is 6.10 Å². The summed E-state index contributed by atoms with van der Waals surface area (Å²) in [6.07, 6.45) is -1.30. The SMILES string of the molecule is CCNC(=O)NC(=O)C(OC(=O)c1ccccc1NCCO)c1ccccc1. The summed E-state index contributed by atoms with van der Waals surface area (Å²) in [6.45, 7) is 2.21. The first-order valence-corrected chi connectivity index (χ1v) is 8.85. The number of ether oxygens (including phenoxy) is 1. The van der Waals surface area contributed by atoms with Gasteiger partial charge in [0.15, 0.2) is 0 Å². The summed E-state index contributed by atoms with van der Waals surface area (Å²) < 4.78 is 5.45. The van der Waals surface area contributed by atoms with Crippen LogP contribution >= 0.6 is 0 Å². The Hall–Kier alpha value is -3.39. The zero-order valence-electron chi connectivity index (χ0n) is 15.5. The van der Waals surface area contributed by atoms with Gasteiger partial charge < -0.3 is 20.5 Å². The lowest BCUT2D eigenvalue weighted by Gasteiger charge is -2.19. The third-order valence-electron chi connectivity index (χ3n) is 3.71. The van der Waals surface area contributed by atoms with Crippen molar-refractivity contribution < 1.29 is 24.2 Å². The van der Waals surface area contributed by atoms with Gasteiger partial charge >= 0.3 is 12.0 Å². The van der Waals surface area contributed by atoms with Crippen molar-refractivity contribution in [2.75, 3.05) is 25.0 Å². The molecule has 4 N–H and O–H groups in total. The molecule has 2 aromatic rings. The van der Waals surface area contributed by atoms with E-state index in [4.69, 9.17) is 9.84 Å². The average molecular weight is 385 g/mol. The molecule has 0 saturated carbocycles. The van der Waals surface area contributed by atoms with Gasteiger partial charge in [0.25, 0.3) is 5.91 Å². The molecule has 28 heavy (non-hydrogen) atoms. The van der Waals surface area contributed by atoms with E-state index in [9.17, 15) is 14.4 Å². The molecule has 0 fully saturated rings. The van der Waals surface area contributed by atoms with E-state index in [0.29, 0.717) is 17.8 Å². The number of aliphatic hydroxyl groups is 1. The van der Waals surface area contributed by atoms with E-state index in [1.807, 2.05) is 0 Å². The number of nitrogens with one attached hydrogen (secondary N) is 3. The third kappa shape index (κ3) is 5.82. The Balaban J connectivity index is 2.24. The molecule has 148 valence electrons. The molecule has 0 aliphatic heterocycles. The summed E-state index contributed by atoms with van der Waals surface area (Å²) in [5.74, 6) is -1.49. The van der Waals surface area contributed by atoms with E-state index in [1.54, 1.807) is 61.5 Å². The van der Waals surface area contributed by atoms with Crippen molar-refractivity contribution in [3.8, 4) is 0 Å². The number of carbonyl (C=O) groups excluding carboxylic acids is 3. The number of urea groups is 1. The number of imide groups is 1. The summed E-state index contributed by atoms with van der Waals surface area (Å²) in [5, 5.41) is 16.5. The molecule has 8 nitrogen and oxygen atoms in total. The Morgan fingerprint density at radius 3 is 2.39 bits per heavy atom. The van der Waals surface area contributed by atoms with Crippen LogP contribution in [0.25, 0.3) is 0 Å². The van der Waals surface area contributed by atoms with Crippen LogP contribution in [-0.2, 0) is 9.53 Å². The number of anilines is 1. The van der Waals surface area contributed by atoms with Gasteiger partial charge in [0.1, 0.15) is 0 Å². The molecule has 2 rings (SSSR count). The number of aliphatic hydroxyl groups excluding tert-OH is 1. The number of hydrogen-bond donors (Lipinski definition) is 4. The van der Waals surface area contributed by atoms with E-state index in [1.165, 1.54) is 0 Å². The van der Waals surface area contributed by atoms with Crippen molar-refractivity contribution >= 4 is 23.6 Å². The van der Waals surface area contributed by atoms with Gasteiger partial charge in [-0.15, -0.1) is 0 Å². The van der Waals surface area contributed by atoms with Crippen LogP contribution in [0.4, 0.5) is 10.5 Å². The van der Waals surface area contributed by atoms with E-state index < -0.39 is 24.0 Å². The minimum Gasteiger partial charge on any atom is -0.444 e. The van der Waals surface area contributed by atoms with Gasteiger partial charge in [-0.3, -0.25) is 10.1 Å². The van der Waals surface area contributed by atoms with Crippen LogP contribution in [0.2, 0.25) is 0 Å². The highest BCUT2D eigenvalue weighted by Gasteiger charge is 2.27. The normalized spacial score (nSPS) is 11.2. The molecule has 8 heteroatoms. The minimum absolute atomic E-state index is 0.106. The second kappa shape index (κ2) is 10.7. The zero-order chi connectivity index (χ0) is 20.4. The van der Waals surface area contributed by atoms with Crippen LogP contribution in [0.5, 0.6) is 0 Å². The maximum atomic E-state index is 12.7. The summed E-state index contributed by atoms with van der Waals surface area (Å²) >= 11 is 0. The number of para-hydroxylation sites is 1. The molecule has 3 amide bonds. The second-order valence-corrected chi connectivity index (χ2v) is 5.74. The zero-order valence-corrected chi connectivity index (χ0v) is 15.5. The highest BCUT2D eigenvalue weighted by atomic mass is 16.5. The predicted molar refractivity (Wildman–Crippen MR) is 104 cm³/mol. The summed E-state index contributed by atoms with van der Waals surface area (Å²) in [4.78, 5) is 37.0. The van der Waals surface area contributed by atoms with Gasteiger partial charge in [0, 0.05) is 24.3 Å². The van der Waals surface area contributed by atoms with Crippen LogP contribution < -0.4 is 16.0 Å². The summed E-state index contributed by atoms with van der Waals surface area (Å²) in [7, 11) is 0. The average Bonchev–Trinajstić information content (AvgIpc) is 2.71. The van der Waals surface area contributed by atoms with Gasteiger partial charge in [-0.1, -0.05) is 42.5 Å². The van der Waals surface area contributed by atoms with Gasteiger partial charge in [-0.2, -0.15) is 0 Å². The van der Waals surface area contributed by atoms with Crippen molar-refractivity contribution in [1.29, 1.82) is 0 Å². The molecule has 1 unspecified atom stereocenters. The predicted octanol–water partition coefficient (Wildman–Crippen LogP) is 1.83. The maximum absolute atomic E-state index is 12.7. The van der Waals surface area contributed by atoms with Crippen LogP contribution in [0, 0.1) is 0 Å². The van der Waals surface area contributed by atoms with E-state index >= 15 is 0 Å². The molecule has 0 radical (unpaired) electrons. The Morgan fingerprint density at radius 2 is 1.71 bits per heavy atom. The van der Waals surface area contributed by atoms with Crippen molar-refractivity contribution in [1.82, 2.24) is 10.6 Å². The van der Waals surface area contributed by atoms with Crippen LogP contribution in [-0.4, -0.2) is 42.7 Å². The fourth-order valence-electron chi connectivity index (χ4n) is 2.46. The van der Waals surface area contributed by atoms with Crippen molar-refractivity contribution in [3.05, 3.63) is 65.7 Å². The Morgan fingerprint density at radius 1 is 1.04 bits per heavy atom. The maximum Gasteiger partial charge on any atom is 0.341 e. The van der Waals surface area contributed by atoms with E-state index in [-0.39, 0.29) is 18.7 Å². The van der Waals surface area contributed by atoms with Gasteiger partial charge in [-0.05, 0) is 19.1 Å². The van der Waals surface area contributed by atoms with Crippen LogP contribution in [0.1, 0.15) is 28.9 Å². The van der Waals surface area contributed by atoms with Crippen LogP contribution in [0.3, 0.4) is 0 Å². The molecule has 0 spiro atoms. The molecule has 1 atom stereocenters. The lowest BCUT2D eigenvalue weighted by atomic mass is 10.1. The number of rotatable bonds is 8. The molecule has 0 aromatic heterocycles. The number of esters is 1. The molecule has 0 aliphatic carbocycles. The topological polar surface area (TPSA) is 117 Å². The third-order valence-corrected chi connectivity index (χ3v) is 3.71. The van der Waals surface area contributed by atoms with Gasteiger partial charge in [-0.25, -0.2) is 9.59 Å². The first-order chi connectivity index (χ1) is 13.6. The Kier molecular flexibility index (Phi) is 7.98. The molecular weight excluding hydrogens is 362 g/mol. The quantitative estimate of drug-likeness (QED) is 0.515. The lowest BCUT2D eigenvalue weighted by Crippen LogP contribution is -2.42. The number of carbonyl (C=O) groups is 3. The summed E-state index contributed by atoms with van der Waals surface area (Å²) in [5.41, 5.74) is 1.11. The number of hydrogen-bond acceptors (Lipinski definition) is 6. The molecule has 0 saturated heterocycles. The van der Waals surface area contributed by atoms with Gasteiger partial charge in [0.05, 0.1) is 12.2 Å². The highest BCUT2D eigenvalue weighted by Crippen LogP contribution is 2.23. The van der Waals surface area contributed by atoms with Crippen molar-refractivity contribution in [3.63, 3.8) is 0 Å². The molecule has 0 heterocycles.